The molecule has 0 radical (unpaired) electrons. The molecule has 1 N–H and O–H groups in total. The van der Waals surface area contributed by atoms with Crippen molar-refractivity contribution in [3.8, 4) is 0 Å². The lowest BCUT2D eigenvalue weighted by molar-refractivity contribution is -0.138. The van der Waals surface area contributed by atoms with Crippen LogP contribution >= 0.6 is 0 Å². The van der Waals surface area contributed by atoms with Gasteiger partial charge in [-0.3, -0.25) is 4.90 Å². The maximum Gasteiger partial charge on any atom is 0.335 e. The van der Waals surface area contributed by atoms with Gasteiger partial charge in [0.15, 0.2) is 0 Å². The first-order valence-electron chi connectivity index (χ1n) is 9.16. The largest absolute Gasteiger partial charge is 0.466 e. The van der Waals surface area contributed by atoms with Gasteiger partial charge in [-0.25, -0.2) is 4.79 Å². The van der Waals surface area contributed by atoms with Crippen LogP contribution < -0.4 is 5.32 Å². The molecule has 24 heavy (non-hydrogen) atoms. The highest BCUT2D eigenvalue weighted by Crippen LogP contribution is 2.62. The zero-order valence-corrected chi connectivity index (χ0v) is 14.3. The highest BCUT2D eigenvalue weighted by molar-refractivity contribution is 5.93. The van der Waals surface area contributed by atoms with Gasteiger partial charge in [0.25, 0.3) is 0 Å². The normalized spacial score (nSPS) is 36.2. The lowest BCUT2D eigenvalue weighted by atomic mass is 9.57. The standard InChI is InChI=1S/C20H24N2O2/c1-3-12-13-8-10-22-11-9-20(18(12)22)14-6-4-5-7-15(14)21-17(20)16(13)19(23)24-2/h4-7,12-13,18,21H,3,8-11H2,1-2H3/t12?,13-,18+,20+/m0/s1. The minimum absolute atomic E-state index is 0.0439. The molecule has 1 spiro atoms. The lowest BCUT2D eigenvalue weighted by Crippen LogP contribution is -2.58. The number of carbonyl (C=O) groups excluding carboxylic acids is 1. The molecule has 1 aromatic rings. The number of benzene rings is 1. The number of fused-ring (bicyclic) bond motifs is 2. The van der Waals surface area contributed by atoms with Crippen molar-refractivity contribution in [3.05, 3.63) is 41.1 Å². The van der Waals surface area contributed by atoms with E-state index in [0.29, 0.717) is 17.9 Å². The summed E-state index contributed by atoms with van der Waals surface area (Å²) in [6.07, 6.45) is 3.28. The number of carbonyl (C=O) groups is 1. The van der Waals surface area contributed by atoms with E-state index in [2.05, 4.69) is 41.4 Å². The van der Waals surface area contributed by atoms with Crippen molar-refractivity contribution in [1.82, 2.24) is 4.90 Å². The van der Waals surface area contributed by atoms with E-state index in [4.69, 9.17) is 4.74 Å². The van der Waals surface area contributed by atoms with Crippen molar-refractivity contribution in [2.24, 2.45) is 11.8 Å². The molecule has 4 aliphatic rings. The summed E-state index contributed by atoms with van der Waals surface area (Å²) in [6.45, 7) is 4.51. The van der Waals surface area contributed by atoms with Gasteiger partial charge in [-0.05, 0) is 49.4 Å². The first-order valence-corrected chi connectivity index (χ1v) is 9.16. The Labute approximate surface area is 142 Å². The number of hydrogen-bond acceptors (Lipinski definition) is 4. The third-order valence-corrected chi connectivity index (χ3v) is 6.97. The molecule has 0 amide bonds. The second-order valence-corrected chi connectivity index (χ2v) is 7.62. The smallest absolute Gasteiger partial charge is 0.335 e. The van der Waals surface area contributed by atoms with E-state index in [-0.39, 0.29) is 11.4 Å². The molecule has 5 rings (SSSR count). The number of rotatable bonds is 2. The number of nitrogens with zero attached hydrogens (tertiary/aromatic N) is 1. The first-order chi connectivity index (χ1) is 11.7. The molecular weight excluding hydrogens is 300 g/mol. The zero-order valence-electron chi connectivity index (χ0n) is 14.3. The second-order valence-electron chi connectivity index (χ2n) is 7.62. The quantitative estimate of drug-likeness (QED) is 0.850. The van der Waals surface area contributed by atoms with E-state index in [0.717, 1.165) is 43.6 Å². The van der Waals surface area contributed by atoms with Gasteiger partial charge in [-0.15, -0.1) is 0 Å². The summed E-state index contributed by atoms with van der Waals surface area (Å²) in [5, 5.41) is 3.65. The summed E-state index contributed by atoms with van der Waals surface area (Å²) >= 11 is 0. The predicted molar refractivity (Wildman–Crippen MR) is 92.7 cm³/mol. The molecule has 126 valence electrons. The van der Waals surface area contributed by atoms with Gasteiger partial charge in [-0.1, -0.05) is 31.5 Å². The average molecular weight is 324 g/mol. The number of ether oxygens (including phenoxy) is 1. The minimum Gasteiger partial charge on any atom is -0.466 e. The SMILES string of the molecule is CCC1[C@@H]2CCN3CC[C@@]4(C(=C2C(=O)OC)Nc2ccccc24)[C@@H]13. The van der Waals surface area contributed by atoms with E-state index in [1.807, 2.05) is 0 Å². The Morgan fingerprint density at radius 2 is 2.21 bits per heavy atom. The Morgan fingerprint density at radius 1 is 1.38 bits per heavy atom. The molecular formula is C20H24N2O2. The summed E-state index contributed by atoms with van der Waals surface area (Å²) in [4.78, 5) is 15.4. The second kappa shape index (κ2) is 4.85. The van der Waals surface area contributed by atoms with Gasteiger partial charge in [0.1, 0.15) is 0 Å². The predicted octanol–water partition coefficient (Wildman–Crippen LogP) is 2.91. The third kappa shape index (κ3) is 1.51. The van der Waals surface area contributed by atoms with Crippen molar-refractivity contribution in [1.29, 1.82) is 0 Å². The molecule has 3 aliphatic heterocycles. The Balaban J connectivity index is 1.83. The summed E-state index contributed by atoms with van der Waals surface area (Å²) in [5.41, 5.74) is 4.60. The van der Waals surface area contributed by atoms with Crippen LogP contribution in [0.25, 0.3) is 0 Å². The summed E-state index contributed by atoms with van der Waals surface area (Å²) < 4.78 is 5.23. The number of para-hydroxylation sites is 1. The summed E-state index contributed by atoms with van der Waals surface area (Å²) in [6, 6.07) is 9.14. The number of piperidine rings is 1. The molecule has 3 heterocycles. The summed E-state index contributed by atoms with van der Waals surface area (Å²) in [5.74, 6) is 0.728. The van der Waals surface area contributed by atoms with E-state index in [9.17, 15) is 4.79 Å². The fourth-order valence-corrected chi connectivity index (χ4v) is 6.20. The first kappa shape index (κ1) is 14.5. The molecule has 0 aromatic heterocycles. The van der Waals surface area contributed by atoms with Crippen molar-refractivity contribution in [2.45, 2.75) is 37.6 Å². The maximum absolute atomic E-state index is 12.8. The molecule has 1 aromatic carbocycles. The van der Waals surface area contributed by atoms with Crippen LogP contribution in [0.2, 0.25) is 0 Å². The Kier molecular flexibility index (Phi) is 2.94. The van der Waals surface area contributed by atoms with Gasteiger partial charge in [0.05, 0.1) is 18.1 Å². The van der Waals surface area contributed by atoms with E-state index in [1.165, 1.54) is 18.4 Å². The number of hydrogen-bond donors (Lipinski definition) is 1. The van der Waals surface area contributed by atoms with Crippen molar-refractivity contribution < 1.29 is 9.53 Å². The van der Waals surface area contributed by atoms with Gasteiger partial charge in [-0.2, -0.15) is 0 Å². The van der Waals surface area contributed by atoms with Crippen LogP contribution in [0.1, 0.15) is 31.7 Å². The van der Waals surface area contributed by atoms with Gasteiger partial charge in [0.2, 0.25) is 0 Å². The van der Waals surface area contributed by atoms with E-state index in [1.54, 1.807) is 0 Å². The van der Waals surface area contributed by atoms with Gasteiger partial charge >= 0.3 is 5.97 Å². The number of esters is 1. The van der Waals surface area contributed by atoms with Crippen LogP contribution in [-0.2, 0) is 14.9 Å². The Bertz CT molecular complexity index is 756. The molecule has 0 saturated carbocycles. The molecule has 2 bridgehead atoms. The van der Waals surface area contributed by atoms with Crippen LogP contribution in [0.15, 0.2) is 35.5 Å². The maximum atomic E-state index is 12.8. The number of methoxy groups -OCH3 is 1. The van der Waals surface area contributed by atoms with Crippen molar-refractivity contribution in [2.75, 3.05) is 25.5 Å². The van der Waals surface area contributed by atoms with Gasteiger partial charge in [0, 0.05) is 17.4 Å². The lowest BCUT2D eigenvalue weighted by Gasteiger charge is -2.52. The Morgan fingerprint density at radius 3 is 3.00 bits per heavy atom. The molecule has 4 atom stereocenters. The zero-order chi connectivity index (χ0) is 16.5. The molecule has 2 saturated heterocycles. The summed E-state index contributed by atoms with van der Waals surface area (Å²) in [7, 11) is 1.52. The van der Waals surface area contributed by atoms with Crippen molar-refractivity contribution >= 4 is 11.7 Å². The topological polar surface area (TPSA) is 41.6 Å². The van der Waals surface area contributed by atoms with Crippen LogP contribution in [0.4, 0.5) is 5.69 Å². The minimum atomic E-state index is -0.132. The van der Waals surface area contributed by atoms with Crippen LogP contribution in [0.5, 0.6) is 0 Å². The highest BCUT2D eigenvalue weighted by atomic mass is 16.5. The van der Waals surface area contributed by atoms with Crippen LogP contribution in [0, 0.1) is 11.8 Å². The molecule has 4 nitrogen and oxygen atoms in total. The molecule has 1 unspecified atom stereocenters. The van der Waals surface area contributed by atoms with E-state index >= 15 is 0 Å². The molecule has 1 aliphatic carbocycles. The van der Waals surface area contributed by atoms with Crippen LogP contribution in [0.3, 0.4) is 0 Å². The van der Waals surface area contributed by atoms with Gasteiger partial charge < -0.3 is 10.1 Å². The van der Waals surface area contributed by atoms with Crippen LogP contribution in [-0.4, -0.2) is 37.1 Å². The van der Waals surface area contributed by atoms with E-state index < -0.39 is 0 Å². The number of nitrogens with one attached hydrogen (secondary N) is 1. The monoisotopic (exact) mass is 324 g/mol. The Hall–Kier alpha value is -1.81. The average Bonchev–Trinajstić information content (AvgIpc) is 3.17. The fraction of sp³-hybridized carbons (Fsp3) is 0.550. The molecule has 2 fully saturated rings. The van der Waals surface area contributed by atoms with Crippen molar-refractivity contribution in [3.63, 3.8) is 0 Å². The number of anilines is 1. The fourth-order valence-electron chi connectivity index (χ4n) is 6.20. The molecule has 4 heteroatoms. The third-order valence-electron chi connectivity index (χ3n) is 6.97. The highest BCUT2D eigenvalue weighted by Gasteiger charge is 2.64.